The molecule has 0 saturated heterocycles. The van der Waals surface area contributed by atoms with E-state index >= 15 is 0 Å². The summed E-state index contributed by atoms with van der Waals surface area (Å²) in [6.07, 6.45) is 0.0350. The first-order valence-corrected chi connectivity index (χ1v) is 8.45. The Bertz CT molecular complexity index is 802. The smallest absolute Gasteiger partial charge is 0.309 e. The van der Waals surface area contributed by atoms with Gasteiger partial charge in [-0.05, 0) is 37.3 Å². The molecule has 7 heteroatoms. The van der Waals surface area contributed by atoms with Gasteiger partial charge >= 0.3 is 5.97 Å². The summed E-state index contributed by atoms with van der Waals surface area (Å²) in [6, 6.07) is 13.9. The molecule has 0 heterocycles. The first-order valence-electron chi connectivity index (χ1n) is 8.45. The molecule has 2 amide bonds. The number of aryl methyl sites for hydroxylation is 1. The highest BCUT2D eigenvalue weighted by Crippen LogP contribution is 2.12. The number of hydrogen-bond acceptors (Lipinski definition) is 5. The van der Waals surface area contributed by atoms with Crippen LogP contribution in [0.1, 0.15) is 22.3 Å². The van der Waals surface area contributed by atoms with Crippen molar-refractivity contribution < 1.29 is 23.9 Å². The molecule has 2 N–H and O–H groups in total. The molecule has 142 valence electrons. The van der Waals surface area contributed by atoms with Crippen LogP contribution in [0.4, 0.5) is 5.69 Å². The van der Waals surface area contributed by atoms with E-state index in [2.05, 4.69) is 10.6 Å². The Morgan fingerprint density at radius 3 is 2.48 bits per heavy atom. The Morgan fingerprint density at radius 1 is 1.04 bits per heavy atom. The maximum atomic E-state index is 11.9. The zero-order valence-corrected chi connectivity index (χ0v) is 15.3. The van der Waals surface area contributed by atoms with E-state index in [0.29, 0.717) is 17.0 Å². The molecule has 0 fully saturated rings. The van der Waals surface area contributed by atoms with Gasteiger partial charge in [-0.3, -0.25) is 14.4 Å². The molecular weight excluding hydrogens is 348 g/mol. The van der Waals surface area contributed by atoms with E-state index in [1.807, 2.05) is 31.2 Å². The molecule has 0 bridgehead atoms. The van der Waals surface area contributed by atoms with Gasteiger partial charge in [-0.25, -0.2) is 0 Å². The highest BCUT2D eigenvalue weighted by Gasteiger charge is 2.10. The van der Waals surface area contributed by atoms with Crippen molar-refractivity contribution in [1.29, 1.82) is 0 Å². The van der Waals surface area contributed by atoms with Crippen molar-refractivity contribution in [3.8, 4) is 5.75 Å². The van der Waals surface area contributed by atoms with E-state index in [1.165, 1.54) is 13.1 Å². The van der Waals surface area contributed by atoms with E-state index in [-0.39, 0.29) is 18.9 Å². The van der Waals surface area contributed by atoms with Crippen LogP contribution in [0.15, 0.2) is 48.5 Å². The maximum Gasteiger partial charge on any atom is 0.309 e. The van der Waals surface area contributed by atoms with E-state index in [4.69, 9.17) is 9.47 Å². The number of ether oxygens (including phenoxy) is 2. The molecule has 7 nitrogen and oxygen atoms in total. The standard InChI is InChI=1S/C20H22N2O5/c1-14-6-8-17(9-7-14)26-11-10-19(24)27-13-18(23)22-16-5-3-4-15(12-16)20(25)21-2/h3-9,12H,10-11,13H2,1-2H3,(H,21,25)(H,22,23). The summed E-state index contributed by atoms with van der Waals surface area (Å²) in [5, 5.41) is 5.08. The Hall–Kier alpha value is -3.35. The van der Waals surface area contributed by atoms with Gasteiger partial charge in [0.1, 0.15) is 5.75 Å². The van der Waals surface area contributed by atoms with Gasteiger partial charge in [-0.15, -0.1) is 0 Å². The molecule has 27 heavy (non-hydrogen) atoms. The monoisotopic (exact) mass is 370 g/mol. The quantitative estimate of drug-likeness (QED) is 0.696. The second-order valence-electron chi connectivity index (χ2n) is 5.78. The number of carbonyl (C=O) groups is 3. The highest BCUT2D eigenvalue weighted by molar-refractivity contribution is 5.97. The summed E-state index contributed by atoms with van der Waals surface area (Å²) >= 11 is 0. The third kappa shape index (κ3) is 6.81. The van der Waals surface area contributed by atoms with Crippen LogP contribution < -0.4 is 15.4 Å². The zero-order chi connectivity index (χ0) is 19.6. The summed E-state index contributed by atoms with van der Waals surface area (Å²) < 4.78 is 10.4. The van der Waals surface area contributed by atoms with Gasteiger partial charge in [0, 0.05) is 18.3 Å². The largest absolute Gasteiger partial charge is 0.493 e. The van der Waals surface area contributed by atoms with Gasteiger partial charge in [0.15, 0.2) is 6.61 Å². The lowest BCUT2D eigenvalue weighted by Crippen LogP contribution is -2.22. The topological polar surface area (TPSA) is 93.7 Å². The van der Waals surface area contributed by atoms with Gasteiger partial charge in [0.2, 0.25) is 0 Å². The first kappa shape index (κ1) is 20.0. The third-order valence-corrected chi connectivity index (χ3v) is 3.60. The maximum absolute atomic E-state index is 11.9. The molecule has 2 aromatic carbocycles. The van der Waals surface area contributed by atoms with Crippen molar-refractivity contribution in [1.82, 2.24) is 5.32 Å². The molecule has 2 rings (SSSR count). The lowest BCUT2D eigenvalue weighted by atomic mass is 10.2. The Balaban J connectivity index is 1.71. The molecule has 0 radical (unpaired) electrons. The molecule has 0 spiro atoms. The van der Waals surface area contributed by atoms with E-state index < -0.39 is 18.5 Å². The van der Waals surface area contributed by atoms with Crippen LogP contribution in [0, 0.1) is 6.92 Å². The van der Waals surface area contributed by atoms with E-state index in [0.717, 1.165) is 5.56 Å². The number of hydrogen-bond donors (Lipinski definition) is 2. The summed E-state index contributed by atoms with van der Waals surface area (Å²) in [4.78, 5) is 35.1. The van der Waals surface area contributed by atoms with Crippen LogP contribution in [-0.4, -0.2) is 38.0 Å². The minimum atomic E-state index is -0.531. The number of anilines is 1. The Morgan fingerprint density at radius 2 is 1.78 bits per heavy atom. The molecular formula is C20H22N2O5. The second-order valence-corrected chi connectivity index (χ2v) is 5.78. The molecule has 0 unspecified atom stereocenters. The van der Waals surface area contributed by atoms with Crippen molar-refractivity contribution in [3.05, 3.63) is 59.7 Å². The average molecular weight is 370 g/mol. The van der Waals surface area contributed by atoms with Crippen LogP contribution >= 0.6 is 0 Å². The van der Waals surface area contributed by atoms with Crippen LogP contribution in [0.25, 0.3) is 0 Å². The first-order chi connectivity index (χ1) is 13.0. The third-order valence-electron chi connectivity index (χ3n) is 3.60. The van der Waals surface area contributed by atoms with Gasteiger partial charge in [-0.1, -0.05) is 23.8 Å². The van der Waals surface area contributed by atoms with Gasteiger partial charge in [-0.2, -0.15) is 0 Å². The van der Waals surface area contributed by atoms with Crippen LogP contribution in [0.2, 0.25) is 0 Å². The van der Waals surface area contributed by atoms with Crippen LogP contribution in [0.3, 0.4) is 0 Å². The van der Waals surface area contributed by atoms with Crippen molar-refractivity contribution in [2.75, 3.05) is 25.6 Å². The van der Waals surface area contributed by atoms with Crippen LogP contribution in [0.5, 0.6) is 5.75 Å². The van der Waals surface area contributed by atoms with Crippen molar-refractivity contribution in [3.63, 3.8) is 0 Å². The van der Waals surface area contributed by atoms with Crippen molar-refractivity contribution >= 4 is 23.5 Å². The number of carbonyl (C=O) groups excluding carboxylic acids is 3. The van der Waals surface area contributed by atoms with Crippen molar-refractivity contribution in [2.24, 2.45) is 0 Å². The highest BCUT2D eigenvalue weighted by atomic mass is 16.5. The fourth-order valence-electron chi connectivity index (χ4n) is 2.18. The number of esters is 1. The molecule has 0 aliphatic rings. The van der Waals surface area contributed by atoms with E-state index in [1.54, 1.807) is 18.2 Å². The van der Waals surface area contributed by atoms with Gasteiger partial charge < -0.3 is 20.1 Å². The molecule has 0 aliphatic heterocycles. The van der Waals surface area contributed by atoms with Crippen molar-refractivity contribution in [2.45, 2.75) is 13.3 Å². The Labute approximate surface area is 157 Å². The zero-order valence-electron chi connectivity index (χ0n) is 15.3. The number of nitrogens with one attached hydrogen (secondary N) is 2. The number of rotatable bonds is 8. The Kier molecular flexibility index (Phi) is 7.37. The predicted molar refractivity (Wildman–Crippen MR) is 101 cm³/mol. The second kappa shape index (κ2) is 9.96. The summed E-state index contributed by atoms with van der Waals surface area (Å²) in [6.45, 7) is 1.73. The lowest BCUT2D eigenvalue weighted by Gasteiger charge is -2.09. The molecule has 0 aromatic heterocycles. The molecule has 0 atom stereocenters. The summed E-state index contributed by atoms with van der Waals surface area (Å²) in [7, 11) is 1.52. The molecule has 0 saturated carbocycles. The molecule has 0 aliphatic carbocycles. The van der Waals surface area contributed by atoms with Gasteiger partial charge in [0.05, 0.1) is 13.0 Å². The van der Waals surface area contributed by atoms with E-state index in [9.17, 15) is 14.4 Å². The summed E-state index contributed by atoms with van der Waals surface area (Å²) in [5.74, 6) is -0.610. The SMILES string of the molecule is CNC(=O)c1cccc(NC(=O)COC(=O)CCOc2ccc(C)cc2)c1. The fraction of sp³-hybridized carbons (Fsp3) is 0.250. The minimum Gasteiger partial charge on any atom is -0.493 e. The normalized spacial score (nSPS) is 10.0. The summed E-state index contributed by atoms with van der Waals surface area (Å²) in [5.41, 5.74) is 1.98. The lowest BCUT2D eigenvalue weighted by molar-refractivity contribution is -0.147. The average Bonchev–Trinajstić information content (AvgIpc) is 2.67. The predicted octanol–water partition coefficient (Wildman–Crippen LogP) is 2.31. The minimum absolute atomic E-state index is 0.0350. The molecule has 2 aromatic rings. The number of benzene rings is 2. The van der Waals surface area contributed by atoms with Gasteiger partial charge in [0.25, 0.3) is 11.8 Å². The number of amides is 2. The van der Waals surface area contributed by atoms with Crippen LogP contribution in [-0.2, 0) is 14.3 Å². The fourth-order valence-corrected chi connectivity index (χ4v) is 2.18.